The maximum atomic E-state index is 12.2. The molecule has 1 aliphatic heterocycles. The number of sulfonamides is 1. The van der Waals surface area contributed by atoms with Gasteiger partial charge in [-0.3, -0.25) is 4.72 Å². The van der Waals surface area contributed by atoms with Gasteiger partial charge in [0.2, 0.25) is 10.0 Å². The molecule has 2 N–H and O–H groups in total. The van der Waals surface area contributed by atoms with E-state index in [1.807, 2.05) is 37.2 Å². The summed E-state index contributed by atoms with van der Waals surface area (Å²) in [7, 11) is 0.476. The summed E-state index contributed by atoms with van der Waals surface area (Å²) in [5, 5.41) is 3.21. The van der Waals surface area contributed by atoms with Gasteiger partial charge in [0.1, 0.15) is 0 Å². The van der Waals surface area contributed by atoms with E-state index in [1.165, 1.54) is 0 Å². The Morgan fingerprint density at radius 3 is 2.74 bits per heavy atom. The first-order chi connectivity index (χ1) is 8.98. The van der Waals surface area contributed by atoms with E-state index in [0.717, 1.165) is 25.1 Å². The number of benzene rings is 1. The molecule has 106 valence electrons. The number of nitrogens with one attached hydrogen (secondary N) is 2. The van der Waals surface area contributed by atoms with E-state index in [4.69, 9.17) is 0 Å². The lowest BCUT2D eigenvalue weighted by Gasteiger charge is -2.19. The predicted molar refractivity (Wildman–Crippen MR) is 79.2 cm³/mol. The molecule has 1 unspecified atom stereocenters. The van der Waals surface area contributed by atoms with Crippen LogP contribution < -0.4 is 14.9 Å². The fourth-order valence-corrected chi connectivity index (χ4v) is 3.73. The zero-order valence-electron chi connectivity index (χ0n) is 11.4. The van der Waals surface area contributed by atoms with Crippen molar-refractivity contribution in [2.75, 3.05) is 36.0 Å². The molecule has 5 nitrogen and oxygen atoms in total. The molecule has 1 fully saturated rings. The minimum atomic E-state index is -3.31. The number of nitrogens with zero attached hydrogens (tertiary/aromatic N) is 1. The molecular weight excluding hydrogens is 262 g/mol. The first-order valence-electron chi connectivity index (χ1n) is 6.48. The molecule has 1 aromatic carbocycles. The molecule has 6 heteroatoms. The standard InChI is InChI=1S/C13H21N3O2S/c1-16(2)13-8-4-3-7-12(13)15-19(17,18)10-11-6-5-9-14-11/h3-4,7-8,11,14-15H,5-6,9-10H2,1-2H3. The maximum Gasteiger partial charge on any atom is 0.234 e. The molecule has 0 radical (unpaired) electrons. The van der Waals surface area contributed by atoms with Crippen LogP contribution in [-0.2, 0) is 10.0 Å². The summed E-state index contributed by atoms with van der Waals surface area (Å²) in [5.41, 5.74) is 1.50. The normalized spacial score (nSPS) is 19.4. The molecule has 1 atom stereocenters. The van der Waals surface area contributed by atoms with E-state index < -0.39 is 10.0 Å². The van der Waals surface area contributed by atoms with Crippen molar-refractivity contribution in [2.24, 2.45) is 0 Å². The van der Waals surface area contributed by atoms with Crippen LogP contribution in [0, 0.1) is 0 Å². The van der Waals surface area contributed by atoms with Gasteiger partial charge in [-0.15, -0.1) is 0 Å². The summed E-state index contributed by atoms with van der Waals surface area (Å²) in [4.78, 5) is 1.89. The van der Waals surface area contributed by atoms with Gasteiger partial charge in [-0.25, -0.2) is 8.42 Å². The lowest BCUT2D eigenvalue weighted by Crippen LogP contribution is -2.33. The summed E-state index contributed by atoms with van der Waals surface area (Å²) < 4.78 is 27.0. The topological polar surface area (TPSA) is 61.4 Å². The molecule has 0 saturated carbocycles. The molecule has 19 heavy (non-hydrogen) atoms. The third-order valence-corrected chi connectivity index (χ3v) is 4.61. The third-order valence-electron chi connectivity index (χ3n) is 3.23. The van der Waals surface area contributed by atoms with E-state index in [2.05, 4.69) is 10.0 Å². The average molecular weight is 283 g/mol. The monoisotopic (exact) mass is 283 g/mol. The van der Waals surface area contributed by atoms with Gasteiger partial charge in [0.05, 0.1) is 17.1 Å². The number of para-hydroxylation sites is 2. The fourth-order valence-electron chi connectivity index (χ4n) is 2.32. The van der Waals surface area contributed by atoms with Crippen LogP contribution in [0.3, 0.4) is 0 Å². The highest BCUT2D eigenvalue weighted by Gasteiger charge is 2.22. The molecule has 0 aromatic heterocycles. The Bertz CT molecular complexity index is 522. The molecule has 0 bridgehead atoms. The Hall–Kier alpha value is -1.27. The lowest BCUT2D eigenvalue weighted by molar-refractivity contribution is 0.582. The van der Waals surface area contributed by atoms with Crippen molar-refractivity contribution in [3.63, 3.8) is 0 Å². The van der Waals surface area contributed by atoms with E-state index in [-0.39, 0.29) is 11.8 Å². The molecule has 1 heterocycles. The van der Waals surface area contributed by atoms with Crippen molar-refractivity contribution in [3.05, 3.63) is 24.3 Å². The van der Waals surface area contributed by atoms with Crippen molar-refractivity contribution in [3.8, 4) is 0 Å². The van der Waals surface area contributed by atoms with E-state index in [1.54, 1.807) is 6.07 Å². The van der Waals surface area contributed by atoms with Gasteiger partial charge in [-0.2, -0.15) is 0 Å². The third kappa shape index (κ3) is 3.84. The van der Waals surface area contributed by atoms with E-state index in [0.29, 0.717) is 5.69 Å². The quantitative estimate of drug-likeness (QED) is 0.853. The molecule has 1 aliphatic rings. The minimum absolute atomic E-state index is 0.0732. The van der Waals surface area contributed by atoms with Crippen molar-refractivity contribution < 1.29 is 8.42 Å². The summed E-state index contributed by atoms with van der Waals surface area (Å²) >= 11 is 0. The van der Waals surface area contributed by atoms with Gasteiger partial charge in [0, 0.05) is 20.1 Å². The molecule has 0 amide bonds. The van der Waals surface area contributed by atoms with Crippen LogP contribution in [0.4, 0.5) is 11.4 Å². The van der Waals surface area contributed by atoms with E-state index in [9.17, 15) is 8.42 Å². The van der Waals surface area contributed by atoms with Crippen LogP contribution in [0.1, 0.15) is 12.8 Å². The van der Waals surface area contributed by atoms with Crippen LogP contribution in [0.25, 0.3) is 0 Å². The van der Waals surface area contributed by atoms with Gasteiger partial charge in [-0.1, -0.05) is 12.1 Å². The van der Waals surface area contributed by atoms with Crippen molar-refractivity contribution in [1.82, 2.24) is 5.32 Å². The Labute approximate surface area is 115 Å². The van der Waals surface area contributed by atoms with Crippen LogP contribution >= 0.6 is 0 Å². The fraction of sp³-hybridized carbons (Fsp3) is 0.538. The number of rotatable bonds is 5. The van der Waals surface area contributed by atoms with Crippen LogP contribution in [0.15, 0.2) is 24.3 Å². The van der Waals surface area contributed by atoms with Crippen LogP contribution in [0.5, 0.6) is 0 Å². The Kier molecular flexibility index (Phi) is 4.31. The lowest BCUT2D eigenvalue weighted by atomic mass is 10.2. The highest BCUT2D eigenvalue weighted by Crippen LogP contribution is 2.24. The van der Waals surface area contributed by atoms with Gasteiger partial charge >= 0.3 is 0 Å². The summed E-state index contributed by atoms with van der Waals surface area (Å²) in [6.45, 7) is 0.911. The maximum absolute atomic E-state index is 12.2. The molecule has 0 aliphatic carbocycles. The molecule has 2 rings (SSSR count). The largest absolute Gasteiger partial charge is 0.376 e. The number of hydrogen-bond donors (Lipinski definition) is 2. The Balaban J connectivity index is 2.11. The zero-order chi connectivity index (χ0) is 13.9. The van der Waals surface area contributed by atoms with Crippen molar-refractivity contribution >= 4 is 21.4 Å². The minimum Gasteiger partial charge on any atom is -0.376 e. The second kappa shape index (κ2) is 5.79. The van der Waals surface area contributed by atoms with Gasteiger partial charge < -0.3 is 10.2 Å². The molecule has 1 aromatic rings. The SMILES string of the molecule is CN(C)c1ccccc1NS(=O)(=O)CC1CCCN1. The van der Waals surface area contributed by atoms with Gasteiger partial charge in [-0.05, 0) is 31.5 Å². The first-order valence-corrected chi connectivity index (χ1v) is 8.13. The van der Waals surface area contributed by atoms with Crippen molar-refractivity contribution in [1.29, 1.82) is 0 Å². The molecular formula is C13H21N3O2S. The molecule has 1 saturated heterocycles. The highest BCUT2D eigenvalue weighted by atomic mass is 32.2. The smallest absolute Gasteiger partial charge is 0.234 e. The summed E-state index contributed by atoms with van der Waals surface area (Å²) in [5.74, 6) is 0.134. The zero-order valence-corrected chi connectivity index (χ0v) is 12.2. The van der Waals surface area contributed by atoms with Gasteiger partial charge in [0.15, 0.2) is 0 Å². The summed E-state index contributed by atoms with van der Waals surface area (Å²) in [6.07, 6.45) is 1.98. The van der Waals surface area contributed by atoms with Gasteiger partial charge in [0.25, 0.3) is 0 Å². The Morgan fingerprint density at radius 1 is 1.37 bits per heavy atom. The molecule has 0 spiro atoms. The second-order valence-electron chi connectivity index (χ2n) is 5.09. The predicted octanol–water partition coefficient (Wildman–Crippen LogP) is 1.25. The Morgan fingerprint density at radius 2 is 2.11 bits per heavy atom. The highest BCUT2D eigenvalue weighted by molar-refractivity contribution is 7.92. The van der Waals surface area contributed by atoms with Crippen LogP contribution in [-0.4, -0.2) is 40.9 Å². The van der Waals surface area contributed by atoms with Crippen molar-refractivity contribution in [2.45, 2.75) is 18.9 Å². The van der Waals surface area contributed by atoms with E-state index >= 15 is 0 Å². The first kappa shape index (κ1) is 14.1. The number of hydrogen-bond acceptors (Lipinski definition) is 4. The second-order valence-corrected chi connectivity index (χ2v) is 6.86. The average Bonchev–Trinajstić information content (AvgIpc) is 2.80. The van der Waals surface area contributed by atoms with Crippen LogP contribution in [0.2, 0.25) is 0 Å². The summed E-state index contributed by atoms with van der Waals surface area (Å²) in [6, 6.07) is 7.48. The number of anilines is 2.